The van der Waals surface area contributed by atoms with E-state index in [-0.39, 0.29) is 17.5 Å². The van der Waals surface area contributed by atoms with E-state index in [9.17, 15) is 4.79 Å². The van der Waals surface area contributed by atoms with Gasteiger partial charge in [0.1, 0.15) is 0 Å². The summed E-state index contributed by atoms with van der Waals surface area (Å²) in [4.78, 5) is 17.9. The van der Waals surface area contributed by atoms with Crippen molar-refractivity contribution in [3.8, 4) is 0 Å². The number of piperidine rings is 1. The molecule has 110 valence electrons. The number of aromatic nitrogens is 1. The van der Waals surface area contributed by atoms with Gasteiger partial charge in [-0.1, -0.05) is 5.16 Å². The minimum Gasteiger partial charge on any atom is -0.438 e. The van der Waals surface area contributed by atoms with Gasteiger partial charge in [0, 0.05) is 13.1 Å². The molecule has 0 spiro atoms. The summed E-state index contributed by atoms with van der Waals surface area (Å²) in [5.41, 5.74) is 6.37. The van der Waals surface area contributed by atoms with Crippen LogP contribution in [0.1, 0.15) is 29.1 Å². The third-order valence-corrected chi connectivity index (χ3v) is 5.16. The fourth-order valence-corrected chi connectivity index (χ4v) is 3.22. The van der Waals surface area contributed by atoms with Crippen molar-refractivity contribution in [3.63, 3.8) is 0 Å². The second-order valence-electron chi connectivity index (χ2n) is 4.74. The maximum absolute atomic E-state index is 12.3. The van der Waals surface area contributed by atoms with E-state index in [1.807, 2.05) is 6.26 Å². The highest BCUT2D eigenvalue weighted by atomic mass is 32.2. The summed E-state index contributed by atoms with van der Waals surface area (Å²) < 4.78 is 4.73. The predicted molar refractivity (Wildman–Crippen MR) is 76.0 cm³/mol. The first-order valence-electron chi connectivity index (χ1n) is 6.26. The second kappa shape index (κ2) is 5.74. The van der Waals surface area contributed by atoms with Gasteiger partial charge < -0.3 is 20.3 Å². The van der Waals surface area contributed by atoms with Crippen molar-refractivity contribution in [1.29, 1.82) is 0 Å². The van der Waals surface area contributed by atoms with E-state index < -0.39 is 4.75 Å². The number of hydrogen-bond donors (Lipinski definition) is 2. The first-order valence-corrected chi connectivity index (χ1v) is 7.49. The zero-order valence-corrected chi connectivity index (χ0v) is 12.3. The van der Waals surface area contributed by atoms with Crippen LogP contribution in [0.3, 0.4) is 0 Å². The van der Waals surface area contributed by atoms with Gasteiger partial charge in [0.2, 0.25) is 5.76 Å². The molecule has 2 rings (SSSR count). The molecule has 0 bridgehead atoms. The Morgan fingerprint density at radius 2 is 2.25 bits per heavy atom. The molecule has 2 heterocycles. The van der Waals surface area contributed by atoms with Crippen molar-refractivity contribution < 1.29 is 14.4 Å². The third kappa shape index (κ3) is 2.47. The quantitative estimate of drug-likeness (QED) is 0.374. The van der Waals surface area contributed by atoms with Crippen LogP contribution in [0.25, 0.3) is 0 Å². The zero-order valence-electron chi connectivity index (χ0n) is 11.5. The lowest BCUT2D eigenvalue weighted by molar-refractivity contribution is 0.0684. The first kappa shape index (κ1) is 14.7. The van der Waals surface area contributed by atoms with Crippen LogP contribution in [0.5, 0.6) is 0 Å². The smallest absolute Gasteiger partial charge is 0.291 e. The highest BCUT2D eigenvalue weighted by Gasteiger charge is 2.40. The lowest BCUT2D eigenvalue weighted by Gasteiger charge is -2.39. The Balaban J connectivity index is 2.08. The molecule has 7 nitrogen and oxygen atoms in total. The van der Waals surface area contributed by atoms with Crippen LogP contribution in [0, 0.1) is 6.92 Å². The Morgan fingerprint density at radius 3 is 2.70 bits per heavy atom. The molecule has 3 N–H and O–H groups in total. The van der Waals surface area contributed by atoms with Gasteiger partial charge >= 0.3 is 0 Å². The largest absolute Gasteiger partial charge is 0.438 e. The van der Waals surface area contributed by atoms with Gasteiger partial charge in [-0.25, -0.2) is 4.98 Å². The molecule has 1 aromatic heterocycles. The third-order valence-electron chi connectivity index (χ3n) is 3.76. The average molecular weight is 298 g/mol. The minimum absolute atomic E-state index is 0.158. The number of oxime groups is 1. The predicted octanol–water partition coefficient (Wildman–Crippen LogP) is 1.07. The minimum atomic E-state index is -0.401. The molecule has 1 aliphatic rings. The van der Waals surface area contributed by atoms with Crippen molar-refractivity contribution in [1.82, 2.24) is 9.88 Å². The number of hydrogen-bond acceptors (Lipinski definition) is 6. The molecule has 0 aromatic carbocycles. The molecule has 0 unspecified atom stereocenters. The molecule has 20 heavy (non-hydrogen) atoms. The molecule has 0 radical (unpaired) electrons. The molecule has 1 amide bonds. The molecule has 1 aliphatic heterocycles. The lowest BCUT2D eigenvalue weighted by atomic mass is 9.94. The van der Waals surface area contributed by atoms with Crippen LogP contribution in [0.15, 0.2) is 16.0 Å². The SMILES string of the molecule is CSC1(C(N)=NO)CCN(C(=O)c2ocnc2C)CC1. The standard InChI is InChI=1S/C12H18N4O3S/c1-8-9(19-7-14-8)10(17)16-5-3-12(20-2,4-6-16)11(13)15-18/h7,18H,3-6H2,1-2H3,(H2,13,15). The number of amidine groups is 1. The van der Waals surface area contributed by atoms with E-state index in [2.05, 4.69) is 10.1 Å². The van der Waals surface area contributed by atoms with E-state index in [1.165, 1.54) is 6.39 Å². The summed E-state index contributed by atoms with van der Waals surface area (Å²) in [6.07, 6.45) is 4.48. The number of nitrogens with zero attached hydrogens (tertiary/aromatic N) is 3. The fraction of sp³-hybridized carbons (Fsp3) is 0.583. The number of carbonyl (C=O) groups is 1. The summed E-state index contributed by atoms with van der Waals surface area (Å²) in [7, 11) is 0. The van der Waals surface area contributed by atoms with Gasteiger partial charge in [-0.2, -0.15) is 11.8 Å². The zero-order chi connectivity index (χ0) is 14.8. The molecule has 1 fully saturated rings. The lowest BCUT2D eigenvalue weighted by Crippen LogP contribution is -2.51. The molecule has 0 atom stereocenters. The van der Waals surface area contributed by atoms with Crippen LogP contribution >= 0.6 is 11.8 Å². The number of likely N-dealkylation sites (tertiary alicyclic amines) is 1. The summed E-state index contributed by atoms with van der Waals surface area (Å²) in [6, 6.07) is 0. The van der Waals surface area contributed by atoms with Gasteiger partial charge in [0.25, 0.3) is 5.91 Å². The average Bonchev–Trinajstić information content (AvgIpc) is 2.91. The van der Waals surface area contributed by atoms with Gasteiger partial charge in [-0.15, -0.1) is 0 Å². The summed E-state index contributed by atoms with van der Waals surface area (Å²) in [5.74, 6) is 0.340. The van der Waals surface area contributed by atoms with E-state index in [4.69, 9.17) is 15.4 Å². The summed E-state index contributed by atoms with van der Waals surface area (Å²) >= 11 is 1.55. The number of thioether (sulfide) groups is 1. The molecule has 1 aromatic rings. The molecule has 1 saturated heterocycles. The van der Waals surface area contributed by atoms with Crippen molar-refractivity contribution in [2.24, 2.45) is 10.9 Å². The highest BCUT2D eigenvalue weighted by Crippen LogP contribution is 2.35. The topological polar surface area (TPSA) is 105 Å². The summed E-state index contributed by atoms with van der Waals surface area (Å²) in [6.45, 7) is 2.81. The number of rotatable bonds is 3. The Labute approximate surface area is 121 Å². The Bertz CT molecular complexity index is 521. The summed E-state index contributed by atoms with van der Waals surface area (Å²) in [5, 5.41) is 12.0. The Hall–Kier alpha value is -1.70. The number of amides is 1. The number of nitrogens with two attached hydrogens (primary N) is 1. The van der Waals surface area contributed by atoms with Crippen molar-refractivity contribution >= 4 is 23.5 Å². The van der Waals surface area contributed by atoms with Gasteiger partial charge in [-0.05, 0) is 26.0 Å². The van der Waals surface area contributed by atoms with Crippen molar-refractivity contribution in [2.75, 3.05) is 19.3 Å². The van der Waals surface area contributed by atoms with Crippen LogP contribution < -0.4 is 5.73 Å². The van der Waals surface area contributed by atoms with Crippen LogP contribution in [-0.2, 0) is 0 Å². The number of carbonyl (C=O) groups excluding carboxylic acids is 1. The molecular weight excluding hydrogens is 280 g/mol. The maximum atomic E-state index is 12.3. The molecule has 0 aliphatic carbocycles. The van der Waals surface area contributed by atoms with E-state index >= 15 is 0 Å². The van der Waals surface area contributed by atoms with Crippen LogP contribution in [0.2, 0.25) is 0 Å². The molecule has 8 heteroatoms. The van der Waals surface area contributed by atoms with Gasteiger partial charge in [0.05, 0.1) is 10.4 Å². The monoisotopic (exact) mass is 298 g/mol. The highest BCUT2D eigenvalue weighted by molar-refractivity contribution is 8.00. The number of aryl methyl sites for hydroxylation is 1. The van der Waals surface area contributed by atoms with Crippen LogP contribution in [-0.4, -0.2) is 50.9 Å². The van der Waals surface area contributed by atoms with Crippen LogP contribution in [0.4, 0.5) is 0 Å². The van der Waals surface area contributed by atoms with E-state index in [1.54, 1.807) is 23.6 Å². The number of oxazole rings is 1. The van der Waals surface area contributed by atoms with Gasteiger partial charge in [-0.3, -0.25) is 4.79 Å². The Morgan fingerprint density at radius 1 is 1.60 bits per heavy atom. The fourth-order valence-electron chi connectivity index (χ4n) is 2.38. The first-order chi connectivity index (χ1) is 9.54. The second-order valence-corrected chi connectivity index (χ2v) is 5.93. The maximum Gasteiger partial charge on any atom is 0.291 e. The van der Waals surface area contributed by atoms with Crippen molar-refractivity contribution in [2.45, 2.75) is 24.5 Å². The van der Waals surface area contributed by atoms with Gasteiger partial charge in [0.15, 0.2) is 12.2 Å². The molecule has 0 saturated carbocycles. The van der Waals surface area contributed by atoms with Crippen molar-refractivity contribution in [3.05, 3.63) is 17.8 Å². The van der Waals surface area contributed by atoms with E-state index in [0.29, 0.717) is 31.6 Å². The normalized spacial score (nSPS) is 19.1. The van der Waals surface area contributed by atoms with E-state index in [0.717, 1.165) is 0 Å². The Kier molecular flexibility index (Phi) is 4.22. The molecular formula is C12H18N4O3S.